The zero-order chi connectivity index (χ0) is 20.4. The molecule has 1 heterocycles. The molecule has 0 aliphatic heterocycles. The van der Waals surface area contributed by atoms with Crippen molar-refractivity contribution in [1.82, 2.24) is 9.55 Å². The Kier molecular flexibility index (Phi) is 5.56. The quantitative estimate of drug-likeness (QED) is 0.409. The third-order valence-electron chi connectivity index (χ3n) is 4.67. The fourth-order valence-electron chi connectivity index (χ4n) is 3.22. The summed E-state index contributed by atoms with van der Waals surface area (Å²) in [4.78, 5) is 17.9. The molecule has 0 spiro atoms. The second-order valence-electron chi connectivity index (χ2n) is 6.67. The highest BCUT2D eigenvalue weighted by Crippen LogP contribution is 2.23. The summed E-state index contributed by atoms with van der Waals surface area (Å²) in [5.41, 5.74) is 2.32. The van der Waals surface area contributed by atoms with Crippen LogP contribution in [0.2, 0.25) is 10.0 Å². The molecule has 0 amide bonds. The second-order valence-corrected chi connectivity index (χ2v) is 7.55. The van der Waals surface area contributed by atoms with Crippen molar-refractivity contribution in [2.24, 2.45) is 0 Å². The van der Waals surface area contributed by atoms with E-state index in [1.54, 1.807) is 28.8 Å². The Labute approximate surface area is 178 Å². The minimum Gasteiger partial charge on any atom is -0.491 e. The molecular weight excluding hydrogens is 407 g/mol. The first-order chi connectivity index (χ1) is 14.0. The van der Waals surface area contributed by atoms with Crippen LogP contribution >= 0.6 is 23.2 Å². The average Bonchev–Trinajstić information content (AvgIpc) is 2.71. The number of aryl methyl sites for hydroxylation is 1. The number of hydrogen-bond donors (Lipinski definition) is 0. The number of fused-ring (bicyclic) bond motifs is 1. The predicted molar refractivity (Wildman–Crippen MR) is 118 cm³/mol. The molecule has 4 aromatic rings. The highest BCUT2D eigenvalue weighted by molar-refractivity contribution is 6.30. The highest BCUT2D eigenvalue weighted by Gasteiger charge is 2.13. The molecular formula is C23H18Cl2N2O2. The summed E-state index contributed by atoms with van der Waals surface area (Å²) in [5, 5.41) is 1.87. The fourth-order valence-corrected chi connectivity index (χ4v) is 3.57. The molecule has 146 valence electrons. The first-order valence-corrected chi connectivity index (χ1v) is 9.93. The molecule has 1 aromatic heterocycles. The van der Waals surface area contributed by atoms with Crippen LogP contribution in [0.5, 0.6) is 5.75 Å². The van der Waals surface area contributed by atoms with E-state index in [2.05, 4.69) is 0 Å². The lowest BCUT2D eigenvalue weighted by Gasteiger charge is -2.15. The Morgan fingerprint density at radius 2 is 1.69 bits per heavy atom. The number of hydrogen-bond acceptors (Lipinski definition) is 3. The second kappa shape index (κ2) is 8.27. The predicted octanol–water partition coefficient (Wildman–Crippen LogP) is 5.76. The molecule has 0 N–H and O–H groups in total. The Bertz CT molecular complexity index is 1230. The van der Waals surface area contributed by atoms with Crippen molar-refractivity contribution in [2.75, 3.05) is 6.61 Å². The largest absolute Gasteiger partial charge is 0.491 e. The van der Waals surface area contributed by atoms with E-state index in [4.69, 9.17) is 32.9 Å². The van der Waals surface area contributed by atoms with Gasteiger partial charge in [0.25, 0.3) is 5.56 Å². The molecule has 0 atom stereocenters. The first-order valence-electron chi connectivity index (χ1n) is 9.17. The van der Waals surface area contributed by atoms with Crippen molar-refractivity contribution < 1.29 is 4.74 Å². The summed E-state index contributed by atoms with van der Waals surface area (Å²) >= 11 is 12.0. The molecule has 0 radical (unpaired) electrons. The SMILES string of the molecule is Cc1cc(Cl)ccc1OCCn1c(-c2ccc(Cl)cc2)nc2ccccc2c1=O. The van der Waals surface area contributed by atoms with Crippen LogP contribution in [0.25, 0.3) is 22.3 Å². The minimum atomic E-state index is -0.100. The monoisotopic (exact) mass is 424 g/mol. The van der Waals surface area contributed by atoms with Gasteiger partial charge in [-0.15, -0.1) is 0 Å². The lowest BCUT2D eigenvalue weighted by Crippen LogP contribution is -2.26. The Hall–Kier alpha value is -2.82. The molecule has 0 unspecified atom stereocenters. The zero-order valence-corrected chi connectivity index (χ0v) is 17.2. The summed E-state index contributed by atoms with van der Waals surface area (Å²) in [5.74, 6) is 1.33. The summed E-state index contributed by atoms with van der Waals surface area (Å²) in [6.07, 6.45) is 0. The lowest BCUT2D eigenvalue weighted by molar-refractivity contribution is 0.295. The normalized spacial score (nSPS) is 11.0. The molecule has 6 heteroatoms. The van der Waals surface area contributed by atoms with Gasteiger partial charge in [0.2, 0.25) is 0 Å². The highest BCUT2D eigenvalue weighted by atomic mass is 35.5. The molecule has 4 rings (SSSR count). The van der Waals surface area contributed by atoms with Crippen LogP contribution in [0.4, 0.5) is 0 Å². The van der Waals surface area contributed by atoms with Crippen LogP contribution < -0.4 is 10.3 Å². The summed E-state index contributed by atoms with van der Waals surface area (Å²) in [6.45, 7) is 2.61. The van der Waals surface area contributed by atoms with Gasteiger partial charge < -0.3 is 4.74 Å². The van der Waals surface area contributed by atoms with Gasteiger partial charge in [0.05, 0.1) is 17.4 Å². The number of benzene rings is 3. The minimum absolute atomic E-state index is 0.100. The van der Waals surface area contributed by atoms with Gasteiger partial charge in [-0.1, -0.05) is 35.3 Å². The van der Waals surface area contributed by atoms with Crippen molar-refractivity contribution in [3.8, 4) is 17.1 Å². The lowest BCUT2D eigenvalue weighted by atomic mass is 10.2. The molecule has 0 fully saturated rings. The van der Waals surface area contributed by atoms with Crippen molar-refractivity contribution >= 4 is 34.1 Å². The van der Waals surface area contributed by atoms with Gasteiger partial charge in [0.1, 0.15) is 18.2 Å². The topological polar surface area (TPSA) is 44.1 Å². The van der Waals surface area contributed by atoms with E-state index in [0.29, 0.717) is 39.9 Å². The molecule has 0 saturated carbocycles. The summed E-state index contributed by atoms with van der Waals surface area (Å²) in [7, 11) is 0. The van der Waals surface area contributed by atoms with E-state index in [-0.39, 0.29) is 5.56 Å². The third kappa shape index (κ3) is 4.14. The van der Waals surface area contributed by atoms with Gasteiger partial charge in [0.15, 0.2) is 0 Å². The number of ether oxygens (including phenoxy) is 1. The van der Waals surface area contributed by atoms with Crippen LogP contribution in [0.3, 0.4) is 0 Å². The fraction of sp³-hybridized carbons (Fsp3) is 0.130. The Morgan fingerprint density at radius 1 is 0.966 bits per heavy atom. The van der Waals surface area contributed by atoms with E-state index >= 15 is 0 Å². The number of nitrogens with zero attached hydrogens (tertiary/aromatic N) is 2. The molecule has 0 aliphatic rings. The van der Waals surface area contributed by atoms with E-state index in [0.717, 1.165) is 16.9 Å². The van der Waals surface area contributed by atoms with Crippen molar-refractivity contribution in [1.29, 1.82) is 0 Å². The number of para-hydroxylation sites is 1. The molecule has 0 bridgehead atoms. The van der Waals surface area contributed by atoms with Crippen LogP contribution in [-0.4, -0.2) is 16.2 Å². The van der Waals surface area contributed by atoms with E-state index in [9.17, 15) is 4.79 Å². The number of halogens is 2. The van der Waals surface area contributed by atoms with E-state index in [1.165, 1.54) is 0 Å². The van der Waals surface area contributed by atoms with Crippen molar-refractivity contribution in [2.45, 2.75) is 13.5 Å². The maximum absolute atomic E-state index is 13.2. The maximum atomic E-state index is 13.2. The van der Waals surface area contributed by atoms with Crippen LogP contribution in [0, 0.1) is 6.92 Å². The summed E-state index contributed by atoms with van der Waals surface area (Å²) < 4.78 is 7.56. The van der Waals surface area contributed by atoms with Crippen molar-refractivity contribution in [3.05, 3.63) is 92.7 Å². The smallest absolute Gasteiger partial charge is 0.261 e. The van der Waals surface area contributed by atoms with Crippen LogP contribution in [0.15, 0.2) is 71.5 Å². The van der Waals surface area contributed by atoms with Gasteiger partial charge in [0, 0.05) is 15.6 Å². The number of aromatic nitrogens is 2. The Balaban J connectivity index is 1.71. The van der Waals surface area contributed by atoms with Gasteiger partial charge in [-0.2, -0.15) is 0 Å². The first kappa shape index (κ1) is 19.5. The summed E-state index contributed by atoms with van der Waals surface area (Å²) in [6, 6.07) is 20.1. The van der Waals surface area contributed by atoms with Gasteiger partial charge in [-0.3, -0.25) is 9.36 Å². The molecule has 0 saturated heterocycles. The zero-order valence-electron chi connectivity index (χ0n) is 15.7. The molecule has 3 aromatic carbocycles. The standard InChI is InChI=1S/C23H18Cl2N2O2/c1-15-14-18(25)10-11-21(15)29-13-12-27-22(16-6-8-17(24)9-7-16)26-20-5-3-2-4-19(20)23(27)28/h2-11,14H,12-13H2,1H3. The molecule has 4 nitrogen and oxygen atoms in total. The average molecular weight is 425 g/mol. The molecule has 29 heavy (non-hydrogen) atoms. The van der Waals surface area contributed by atoms with Gasteiger partial charge in [-0.05, 0) is 67.1 Å². The van der Waals surface area contributed by atoms with Crippen LogP contribution in [-0.2, 0) is 6.54 Å². The van der Waals surface area contributed by atoms with E-state index < -0.39 is 0 Å². The van der Waals surface area contributed by atoms with Crippen LogP contribution in [0.1, 0.15) is 5.56 Å². The third-order valence-corrected chi connectivity index (χ3v) is 5.16. The van der Waals surface area contributed by atoms with Gasteiger partial charge >= 0.3 is 0 Å². The maximum Gasteiger partial charge on any atom is 0.261 e. The van der Waals surface area contributed by atoms with E-state index in [1.807, 2.05) is 49.4 Å². The van der Waals surface area contributed by atoms with Gasteiger partial charge in [-0.25, -0.2) is 4.98 Å². The molecule has 0 aliphatic carbocycles. The van der Waals surface area contributed by atoms with Crippen molar-refractivity contribution in [3.63, 3.8) is 0 Å². The Morgan fingerprint density at radius 3 is 2.45 bits per heavy atom. The number of rotatable bonds is 5.